The zero-order valence-corrected chi connectivity index (χ0v) is 52.2. The van der Waals surface area contributed by atoms with Crippen molar-refractivity contribution in [3.63, 3.8) is 0 Å². The van der Waals surface area contributed by atoms with Crippen LogP contribution in [-0.4, -0.2) is 156 Å². The van der Waals surface area contributed by atoms with Crippen molar-refractivity contribution in [2.75, 3.05) is 38.6 Å². The first-order valence-electron chi connectivity index (χ1n) is 29.9. The number of halogens is 1. The van der Waals surface area contributed by atoms with Gasteiger partial charge in [0.25, 0.3) is 17.4 Å². The molecule has 8 amide bonds. The number of nitrogens with one attached hydrogen (secondary N) is 6. The summed E-state index contributed by atoms with van der Waals surface area (Å²) in [7, 11) is 1.76. The van der Waals surface area contributed by atoms with Crippen LogP contribution >= 0.6 is 0 Å². The highest BCUT2D eigenvalue weighted by Gasteiger charge is 2.41. The topological polar surface area (TPSA) is 354 Å². The fourth-order valence-electron chi connectivity index (χ4n) is 11.8. The van der Waals surface area contributed by atoms with Gasteiger partial charge in [0.2, 0.25) is 29.5 Å². The van der Waals surface area contributed by atoms with E-state index < -0.39 is 132 Å². The summed E-state index contributed by atoms with van der Waals surface area (Å²) in [4.78, 5) is 152. The maximum atomic E-state index is 15.8. The number of fused-ring (bicyclic) bond motifs is 5. The van der Waals surface area contributed by atoms with E-state index in [0.29, 0.717) is 79.4 Å². The number of carbonyl (C=O) groups excluding carboxylic acids is 10. The molecule has 0 bridgehead atoms. The van der Waals surface area contributed by atoms with Crippen molar-refractivity contribution >= 4 is 75.8 Å². The molecule has 1 aliphatic carbocycles. The van der Waals surface area contributed by atoms with Gasteiger partial charge in [0.15, 0.2) is 5.78 Å². The van der Waals surface area contributed by atoms with Gasteiger partial charge >= 0.3 is 12.1 Å². The number of hydrogen-bond acceptors (Lipinski definition) is 18. The van der Waals surface area contributed by atoms with E-state index in [9.17, 15) is 57.8 Å². The summed E-state index contributed by atoms with van der Waals surface area (Å²) in [6.45, 7) is 13.5. The Morgan fingerprint density at radius 1 is 0.923 bits per heavy atom. The van der Waals surface area contributed by atoms with Crippen molar-refractivity contribution in [3.8, 4) is 11.4 Å². The van der Waals surface area contributed by atoms with Crippen LogP contribution < -0.4 is 37.5 Å². The number of rotatable bonds is 23. The second-order valence-electron chi connectivity index (χ2n) is 24.8. The Kier molecular flexibility index (Phi) is 19.2. The van der Waals surface area contributed by atoms with Crippen LogP contribution in [0.3, 0.4) is 0 Å². The number of esters is 1. The second-order valence-corrected chi connectivity index (χ2v) is 24.8. The highest BCUT2D eigenvalue weighted by molar-refractivity contribution is 6.14. The summed E-state index contributed by atoms with van der Waals surface area (Å²) in [6.07, 6.45) is 2.15. The molecular formula is C63H74FN13O14. The number of Topliss-reactive ketones (excluding diaryl/α,β-unsaturated/α-hetero) is 1. The van der Waals surface area contributed by atoms with Crippen molar-refractivity contribution < 1.29 is 66.9 Å². The van der Waals surface area contributed by atoms with Crippen molar-refractivity contribution in [1.82, 2.24) is 60.9 Å². The molecular weight excluding hydrogens is 1180 g/mol. The molecule has 0 spiro atoms. The normalized spacial score (nSPS) is 17.1. The van der Waals surface area contributed by atoms with Gasteiger partial charge in [-0.3, -0.25) is 62.4 Å². The number of hydrogen-bond donors (Lipinski definition) is 7. The van der Waals surface area contributed by atoms with Gasteiger partial charge in [0.05, 0.1) is 65.5 Å². The fraction of sp³-hybridized carbons (Fsp3) is 0.460. The minimum atomic E-state index is -1.12. The average molecular weight is 1260 g/mol. The Balaban J connectivity index is 0.975. The Labute approximate surface area is 522 Å². The summed E-state index contributed by atoms with van der Waals surface area (Å²) in [5, 5.41) is 35.8. The van der Waals surface area contributed by atoms with Crippen LogP contribution in [0.1, 0.15) is 131 Å². The maximum Gasteiger partial charge on any atom is 0.408 e. The SMILES string of the molecule is CCN(C)C(C)(C)C(=O)[C@H](CCn1cc(CC(OC(=O)NC2CCc3c(C)c(F)cc4nc5c(c2c34)Cn2c-5cc3c(c2=O)COC(=O)C3CO)c2ccc(NC(=O)C(C)NC(=O)C(NC(C)=O)C(C)(C)C)cc2)nn1)NC(=O)CNC(=O)CN1C(=O)C=CC1=O. The quantitative estimate of drug-likeness (QED) is 0.0358. The minimum absolute atomic E-state index is 0.00296. The van der Waals surface area contributed by atoms with Crippen molar-refractivity contribution in [1.29, 1.82) is 0 Å². The molecule has 0 fully saturated rings. The zero-order valence-electron chi connectivity index (χ0n) is 52.2. The number of nitrogens with zero attached hydrogens (tertiary/aromatic N) is 7. The molecule has 0 saturated carbocycles. The molecule has 6 heterocycles. The van der Waals surface area contributed by atoms with Gasteiger partial charge in [0.1, 0.15) is 43.1 Å². The Morgan fingerprint density at radius 2 is 1.63 bits per heavy atom. The third-order valence-corrected chi connectivity index (χ3v) is 17.2. The van der Waals surface area contributed by atoms with Crippen LogP contribution in [0.25, 0.3) is 22.3 Å². The van der Waals surface area contributed by atoms with E-state index >= 15 is 4.39 Å². The molecule has 2 aromatic carbocycles. The first-order valence-corrected chi connectivity index (χ1v) is 29.9. The van der Waals surface area contributed by atoms with E-state index in [0.717, 1.165) is 12.2 Å². The number of likely N-dealkylation sites (N-methyl/N-ethyl adjacent to an activating group) is 1. The number of amides is 8. The predicted octanol–water partition coefficient (Wildman–Crippen LogP) is 2.50. The molecule has 0 saturated heterocycles. The molecule has 3 aliphatic heterocycles. The minimum Gasteiger partial charge on any atom is -0.460 e. The van der Waals surface area contributed by atoms with E-state index in [4.69, 9.17) is 14.5 Å². The molecule has 482 valence electrons. The van der Waals surface area contributed by atoms with Crippen LogP contribution in [0, 0.1) is 18.2 Å². The fourth-order valence-corrected chi connectivity index (χ4v) is 11.8. The third kappa shape index (κ3) is 13.9. The van der Waals surface area contributed by atoms with Gasteiger partial charge in [-0.1, -0.05) is 45.0 Å². The summed E-state index contributed by atoms with van der Waals surface area (Å²) in [6, 6.07) is 5.44. The van der Waals surface area contributed by atoms with Gasteiger partial charge in [-0.05, 0) is 112 Å². The number of ether oxygens (including phenoxy) is 2. The first-order chi connectivity index (χ1) is 43.0. The summed E-state index contributed by atoms with van der Waals surface area (Å²) in [5.41, 5.74) is 2.56. The van der Waals surface area contributed by atoms with E-state index in [1.165, 1.54) is 29.2 Å². The lowest BCUT2D eigenvalue weighted by Crippen LogP contribution is -2.57. The number of alkyl carbamates (subject to hydrolysis) is 1. The number of cyclic esters (lactones) is 1. The van der Waals surface area contributed by atoms with Crippen molar-refractivity contribution in [3.05, 3.63) is 116 Å². The van der Waals surface area contributed by atoms with Gasteiger partial charge in [0, 0.05) is 60.9 Å². The van der Waals surface area contributed by atoms with Gasteiger partial charge in [-0.15, -0.1) is 5.10 Å². The van der Waals surface area contributed by atoms with Gasteiger partial charge < -0.3 is 51.0 Å². The summed E-state index contributed by atoms with van der Waals surface area (Å²) >= 11 is 0. The number of anilines is 1. The van der Waals surface area contributed by atoms with Crippen molar-refractivity contribution in [2.45, 2.75) is 149 Å². The third-order valence-electron chi connectivity index (χ3n) is 17.2. The van der Waals surface area contributed by atoms with Crippen LogP contribution in [0.5, 0.6) is 0 Å². The lowest BCUT2D eigenvalue weighted by atomic mass is 9.82. The number of benzene rings is 2. The number of ketones is 1. The monoisotopic (exact) mass is 1260 g/mol. The molecule has 5 aromatic rings. The van der Waals surface area contributed by atoms with Crippen LogP contribution in [0.2, 0.25) is 0 Å². The largest absolute Gasteiger partial charge is 0.460 e. The first kappa shape index (κ1) is 65.9. The van der Waals surface area contributed by atoms with Crippen LogP contribution in [0.4, 0.5) is 14.9 Å². The smallest absolute Gasteiger partial charge is 0.408 e. The van der Waals surface area contributed by atoms with E-state index in [1.807, 2.05) is 6.92 Å². The van der Waals surface area contributed by atoms with E-state index in [1.54, 1.807) is 90.0 Å². The number of imide groups is 1. The van der Waals surface area contributed by atoms with Gasteiger partial charge in [-0.2, -0.15) is 0 Å². The molecule has 7 N–H and O–H groups in total. The molecule has 4 aliphatic rings. The Bertz CT molecular complexity index is 3890. The molecule has 91 heavy (non-hydrogen) atoms. The molecule has 0 radical (unpaired) electrons. The lowest BCUT2D eigenvalue weighted by Gasteiger charge is -2.36. The van der Waals surface area contributed by atoms with Crippen LogP contribution in [-0.2, 0) is 85.2 Å². The second kappa shape index (κ2) is 26.5. The molecule has 27 nitrogen and oxygen atoms in total. The predicted molar refractivity (Wildman–Crippen MR) is 325 cm³/mol. The highest BCUT2D eigenvalue weighted by Crippen LogP contribution is 2.46. The summed E-state index contributed by atoms with van der Waals surface area (Å²) in [5.74, 6) is -7.05. The van der Waals surface area contributed by atoms with Gasteiger partial charge in [-0.25, -0.2) is 14.2 Å². The Hall–Kier alpha value is -9.57. The number of aliphatic hydroxyl groups excluding tert-OH is 1. The average Bonchev–Trinajstić information content (AvgIpc) is 1.63. The zero-order chi connectivity index (χ0) is 66.1. The number of aliphatic hydroxyl groups is 1. The maximum absolute atomic E-state index is 15.8. The highest BCUT2D eigenvalue weighted by atomic mass is 19.1. The molecule has 6 atom stereocenters. The number of aromatic nitrogens is 5. The Morgan fingerprint density at radius 3 is 2.29 bits per heavy atom. The number of carbonyl (C=O) groups is 10. The molecule has 28 heteroatoms. The van der Waals surface area contributed by atoms with Crippen molar-refractivity contribution in [2.24, 2.45) is 5.41 Å². The molecule has 9 rings (SSSR count). The van der Waals surface area contributed by atoms with Crippen LogP contribution in [0.15, 0.2) is 59.5 Å². The molecule has 3 aromatic heterocycles. The summed E-state index contributed by atoms with van der Waals surface area (Å²) < 4.78 is 30.3. The number of pyridine rings is 2. The number of aryl methyl sites for hydroxylation is 2. The van der Waals surface area contributed by atoms with E-state index in [2.05, 4.69) is 42.2 Å². The molecule has 5 unspecified atom stereocenters. The standard InChI is InChI=1S/C63H74FN13O14/c1-11-74(10)63(8,9)56(84)44(69-48(80)25-65-49(81)28-77-50(82)18-19-51(77)83)20-21-75-26-36(72-73-75)22-47(34-12-14-35(15-13-34)68-57(85)32(3)66-58(86)55(62(5,6)7)67-33(4)79)91-61(89)71-43-17-16-37-31(2)42(64)24-45-52(37)53(43)39-27-76-46(54(39)70-45)23-38-40(29-78)60(88)90-30-41(38)59(76)87/h12-15,18-19,23-24,26,32,40,43-44,47,55,78H,11,16-17,20-22,25,27-30H2,1-10H3,(H,65,81)(H,66,86)(H,67,79)(H,68,85)(H,69,80)(H,71,89)/t32?,40?,43?,44-,47?,55?/m0/s1. The van der Waals surface area contributed by atoms with E-state index in [-0.39, 0.29) is 55.8 Å². The lowest BCUT2D eigenvalue weighted by molar-refractivity contribution is -0.149.